The van der Waals surface area contributed by atoms with Crippen LogP contribution in [0.1, 0.15) is 19.4 Å². The monoisotopic (exact) mass is 586 g/mol. The number of ether oxygens (including phenoxy) is 1. The van der Waals surface area contributed by atoms with E-state index in [4.69, 9.17) is 4.74 Å². The van der Waals surface area contributed by atoms with Gasteiger partial charge in [-0.2, -0.15) is 25.5 Å². The van der Waals surface area contributed by atoms with Crippen LogP contribution in [0.4, 0.5) is 17.1 Å². The minimum absolute atomic E-state index is 0. The van der Waals surface area contributed by atoms with Gasteiger partial charge in [-0.15, -0.1) is 47.8 Å². The van der Waals surface area contributed by atoms with Gasteiger partial charge >= 0.3 is 0 Å². The summed E-state index contributed by atoms with van der Waals surface area (Å²) in [6.45, 7) is 15.7. The molecule has 3 aromatic rings. The van der Waals surface area contributed by atoms with E-state index in [1.165, 1.54) is 5.56 Å². The molecule has 5 rings (SSSR count). The van der Waals surface area contributed by atoms with Crippen molar-refractivity contribution in [1.82, 2.24) is 9.47 Å². The second kappa shape index (κ2) is 10.1. The second-order valence-electron chi connectivity index (χ2n) is 10.5. The smallest absolute Gasteiger partial charge is 0.118 e. The number of fused-ring (bicyclic) bond motifs is 1. The van der Waals surface area contributed by atoms with E-state index in [0.29, 0.717) is 11.5 Å². The molecule has 0 spiro atoms. The van der Waals surface area contributed by atoms with Gasteiger partial charge < -0.3 is 24.0 Å². The van der Waals surface area contributed by atoms with Crippen LogP contribution in [-0.4, -0.2) is 24.7 Å². The summed E-state index contributed by atoms with van der Waals surface area (Å²) in [5.74, 6) is 1.31. The van der Waals surface area contributed by atoms with Gasteiger partial charge in [-0.1, -0.05) is 37.8 Å². The molecule has 0 fully saturated rings. The zero-order valence-electron chi connectivity index (χ0n) is 21.6. The fourth-order valence-corrected chi connectivity index (χ4v) is 5.24. The van der Waals surface area contributed by atoms with Gasteiger partial charge in [0, 0.05) is 43.1 Å². The third-order valence-corrected chi connectivity index (χ3v) is 8.48. The van der Waals surface area contributed by atoms with E-state index in [0.717, 1.165) is 17.1 Å². The normalized spacial score (nSPS) is 17.1. The summed E-state index contributed by atoms with van der Waals surface area (Å²) >= 11 is 0. The molecule has 0 amide bonds. The third kappa shape index (κ3) is 5.12. The minimum atomic E-state index is -1.45. The van der Waals surface area contributed by atoms with Crippen molar-refractivity contribution in [2.24, 2.45) is 0 Å². The molecule has 0 N–H and O–H groups in total. The zero-order chi connectivity index (χ0) is 24.8. The number of benzene rings is 3. The molecule has 2 aliphatic rings. The number of nitrogens with zero attached hydrogens (tertiary/aromatic N) is 4. The number of hydrogen-bond donors (Lipinski definition) is 0. The molecule has 0 atom stereocenters. The van der Waals surface area contributed by atoms with Crippen LogP contribution in [0.3, 0.4) is 0 Å². The quantitative estimate of drug-likeness (QED) is 0.235. The van der Waals surface area contributed by atoms with Gasteiger partial charge in [-0.3, -0.25) is 0 Å². The van der Waals surface area contributed by atoms with Crippen LogP contribution in [-0.2, 0) is 26.0 Å². The first kappa shape index (κ1) is 26.5. The molecule has 0 aromatic heterocycles. The Kier molecular flexibility index (Phi) is 7.41. The van der Waals surface area contributed by atoms with Gasteiger partial charge in [0.1, 0.15) is 8.24 Å². The zero-order valence-corrected chi connectivity index (χ0v) is 24.2. The molecule has 0 saturated heterocycles. The molecule has 36 heavy (non-hydrogen) atoms. The minimum Gasteiger partial charge on any atom is -0.535 e. The van der Waals surface area contributed by atoms with Crippen LogP contribution in [0.5, 0.6) is 11.5 Å². The van der Waals surface area contributed by atoms with Gasteiger partial charge in [0.2, 0.25) is 0 Å². The van der Waals surface area contributed by atoms with Gasteiger partial charge in [0.25, 0.3) is 0 Å². The molecule has 0 bridgehead atoms. The number of rotatable bonds is 5. The maximum absolute atomic E-state index is 6.23. The van der Waals surface area contributed by atoms with Crippen molar-refractivity contribution in [1.29, 1.82) is 0 Å². The Bertz CT molecular complexity index is 1260. The molecule has 2 aliphatic heterocycles. The summed E-state index contributed by atoms with van der Waals surface area (Å²) in [6, 6.07) is 27.3. The summed E-state index contributed by atoms with van der Waals surface area (Å²) in [7, 11) is 0.661. The van der Waals surface area contributed by atoms with E-state index >= 15 is 0 Å². The van der Waals surface area contributed by atoms with E-state index in [1.54, 1.807) is 0 Å². The van der Waals surface area contributed by atoms with Crippen molar-refractivity contribution >= 4 is 25.3 Å². The molecule has 0 aliphatic carbocycles. The first-order valence-corrected chi connectivity index (χ1v) is 15.4. The van der Waals surface area contributed by atoms with Crippen molar-refractivity contribution in [2.45, 2.75) is 39.0 Å². The van der Waals surface area contributed by atoms with Crippen molar-refractivity contribution in [3.63, 3.8) is 0 Å². The van der Waals surface area contributed by atoms with E-state index in [2.05, 4.69) is 128 Å². The van der Waals surface area contributed by atoms with Crippen molar-refractivity contribution < 1.29 is 25.2 Å². The van der Waals surface area contributed by atoms with Crippen molar-refractivity contribution in [3.05, 3.63) is 104 Å². The first-order valence-electron chi connectivity index (χ1n) is 11.9. The average Bonchev–Trinajstić information content (AvgIpc) is 3.33. The van der Waals surface area contributed by atoms with Gasteiger partial charge in [-0.05, 0) is 44.9 Å². The van der Waals surface area contributed by atoms with Gasteiger partial charge in [0.15, 0.2) is 0 Å². The van der Waals surface area contributed by atoms with Gasteiger partial charge in [-0.25, -0.2) is 0 Å². The molecule has 7 heteroatoms. The summed E-state index contributed by atoms with van der Waals surface area (Å²) in [4.78, 5) is 6.49. The Balaban J connectivity index is 0.00000304. The Morgan fingerprint density at radius 1 is 0.806 bits per heavy atom. The van der Waals surface area contributed by atoms with Crippen molar-refractivity contribution in [2.75, 3.05) is 16.8 Å². The van der Waals surface area contributed by atoms with Crippen LogP contribution >= 0.6 is 0 Å². The summed E-state index contributed by atoms with van der Waals surface area (Å²) in [5, 5.41) is 0. The third-order valence-electron chi connectivity index (χ3n) is 6.67. The molecular formula is C29H32N4OPdSi-4. The molecule has 192 valence electrons. The molecule has 3 aromatic carbocycles. The number of anilines is 3. The molecule has 0 radical (unpaired) electrons. The maximum Gasteiger partial charge on any atom is 0.118 e. The van der Waals surface area contributed by atoms with Crippen LogP contribution in [0.25, 0.3) is 0 Å². The molecule has 2 heterocycles. The summed E-state index contributed by atoms with van der Waals surface area (Å²) in [5.41, 5.74) is 4.20. The van der Waals surface area contributed by atoms with E-state index < -0.39 is 8.24 Å². The average molecular weight is 587 g/mol. The molecule has 5 nitrogen and oxygen atoms in total. The predicted octanol–water partition coefficient (Wildman–Crippen LogP) is 7.06. The van der Waals surface area contributed by atoms with Crippen LogP contribution in [0, 0.1) is 25.5 Å². The summed E-state index contributed by atoms with van der Waals surface area (Å²) in [6.07, 6.45) is 4.21. The maximum atomic E-state index is 6.23. The largest absolute Gasteiger partial charge is 0.535 e. The Morgan fingerprint density at radius 2 is 1.44 bits per heavy atom. The van der Waals surface area contributed by atoms with E-state index in [1.807, 2.05) is 30.3 Å². The molecular weight excluding hydrogens is 555 g/mol. The van der Waals surface area contributed by atoms with E-state index in [-0.39, 0.29) is 26.0 Å². The standard InChI is InChI=1S/C29H32N4OSi.Pd/c1-29(2)27-15-7-8-16-28(27)33(21-30(29)3)24-12-10-14-26(20-24)34-25-13-9-11-23(19-25)31-17-18-32(22-31)35(4,5)6;/h7-18,21-22H,1-6H3;/q-4;. The molecule has 0 saturated carbocycles. The second-order valence-corrected chi connectivity index (χ2v) is 15.3. The number of para-hydroxylation sites is 1. The topological polar surface area (TPSA) is 22.2 Å². The van der Waals surface area contributed by atoms with Crippen LogP contribution < -0.4 is 14.5 Å². The SMILES string of the molecule is CN1[CH-]N(c2[c-]c(Oc3[c-]c(N4C=CN([Si](C)(C)C)[CH-]4)ccc3)ccc2)c2ccccc2C1(C)C.[Pd]. The fourth-order valence-electron chi connectivity index (χ4n) is 4.26. The number of hydrogen-bond acceptors (Lipinski definition) is 5. The Hall–Kier alpha value is -2.56. The van der Waals surface area contributed by atoms with Crippen LogP contribution in [0.15, 0.2) is 73.1 Å². The first-order chi connectivity index (χ1) is 16.6. The predicted molar refractivity (Wildman–Crippen MR) is 145 cm³/mol. The van der Waals surface area contributed by atoms with Crippen molar-refractivity contribution in [3.8, 4) is 11.5 Å². The summed E-state index contributed by atoms with van der Waals surface area (Å²) < 4.78 is 8.54. The Morgan fingerprint density at radius 3 is 2.11 bits per heavy atom. The molecule has 0 unspecified atom stereocenters. The van der Waals surface area contributed by atoms with E-state index in [9.17, 15) is 0 Å². The van der Waals surface area contributed by atoms with Crippen LogP contribution in [0.2, 0.25) is 19.6 Å². The Labute approximate surface area is 230 Å². The van der Waals surface area contributed by atoms with Gasteiger partial charge in [0.05, 0.1) is 0 Å². The fraction of sp³-hybridized carbons (Fsp3) is 0.241.